The lowest BCUT2D eigenvalue weighted by atomic mass is 9.97. The second-order valence-electron chi connectivity index (χ2n) is 8.25. The van der Waals surface area contributed by atoms with E-state index in [0.29, 0.717) is 19.4 Å². The van der Waals surface area contributed by atoms with Gasteiger partial charge in [-0.2, -0.15) is 0 Å². The van der Waals surface area contributed by atoms with E-state index in [1.54, 1.807) is 0 Å². The summed E-state index contributed by atoms with van der Waals surface area (Å²) in [5, 5.41) is 17.1. The van der Waals surface area contributed by atoms with Crippen LogP contribution in [-0.4, -0.2) is 36.0 Å². The maximum Gasteiger partial charge on any atom is 0.250 e. The van der Waals surface area contributed by atoms with Crippen LogP contribution in [0.2, 0.25) is 0 Å². The van der Waals surface area contributed by atoms with Crippen LogP contribution in [0.5, 0.6) is 0 Å². The predicted molar refractivity (Wildman–Crippen MR) is 131 cm³/mol. The first kappa shape index (κ1) is 23.7. The van der Waals surface area contributed by atoms with Gasteiger partial charge in [0.05, 0.1) is 18.4 Å². The zero-order valence-electron chi connectivity index (χ0n) is 19.3. The Bertz CT molecular complexity index is 1100. The molecule has 1 amide bonds. The third-order valence-electron chi connectivity index (χ3n) is 5.88. The molecular formula is C28H30N2O4. The largest absolute Gasteiger partial charge is 0.394 e. The molecule has 1 heterocycles. The summed E-state index contributed by atoms with van der Waals surface area (Å²) in [6, 6.07) is 27.0. The minimum Gasteiger partial charge on any atom is -0.394 e. The number of aliphatic hydroxyl groups excluding tert-OH is 1. The quantitative estimate of drug-likeness (QED) is 0.473. The van der Waals surface area contributed by atoms with Gasteiger partial charge in [-0.3, -0.25) is 4.79 Å². The van der Waals surface area contributed by atoms with Crippen LogP contribution in [0.25, 0.3) is 0 Å². The second kappa shape index (κ2) is 11.6. The third-order valence-corrected chi connectivity index (χ3v) is 5.88. The van der Waals surface area contributed by atoms with Gasteiger partial charge in [0.15, 0.2) is 6.10 Å². The molecule has 0 saturated carbocycles. The monoisotopic (exact) mass is 458 g/mol. The lowest BCUT2D eigenvalue weighted by Crippen LogP contribution is -2.41. The van der Waals surface area contributed by atoms with Gasteiger partial charge in [-0.15, -0.1) is 0 Å². The van der Waals surface area contributed by atoms with Crippen LogP contribution in [0.1, 0.15) is 47.7 Å². The number of carbonyl (C=O) groups is 1. The highest BCUT2D eigenvalue weighted by atomic mass is 16.6. The highest BCUT2D eigenvalue weighted by molar-refractivity contribution is 6.01. The van der Waals surface area contributed by atoms with Gasteiger partial charge >= 0.3 is 0 Å². The van der Waals surface area contributed by atoms with Crippen LogP contribution in [0.4, 0.5) is 0 Å². The molecule has 1 aliphatic heterocycles. The molecule has 176 valence electrons. The molecule has 34 heavy (non-hydrogen) atoms. The molecule has 3 aromatic rings. The van der Waals surface area contributed by atoms with Gasteiger partial charge in [0, 0.05) is 19.4 Å². The molecule has 0 aliphatic carbocycles. The van der Waals surface area contributed by atoms with E-state index >= 15 is 0 Å². The van der Waals surface area contributed by atoms with E-state index in [1.807, 2.05) is 91.9 Å². The Labute approximate surface area is 200 Å². The van der Waals surface area contributed by atoms with Crippen molar-refractivity contribution in [2.45, 2.75) is 38.0 Å². The van der Waals surface area contributed by atoms with Crippen molar-refractivity contribution >= 4 is 11.6 Å². The zero-order valence-corrected chi connectivity index (χ0v) is 19.3. The maximum atomic E-state index is 13.0. The van der Waals surface area contributed by atoms with Crippen molar-refractivity contribution in [2.75, 3.05) is 13.2 Å². The summed E-state index contributed by atoms with van der Waals surface area (Å²) >= 11 is 0. The minimum absolute atomic E-state index is 0.0878. The summed E-state index contributed by atoms with van der Waals surface area (Å²) in [5.74, 6) is -0.249. The molecule has 4 rings (SSSR count). The number of hydrogen-bond donors (Lipinski definition) is 2. The Kier molecular flexibility index (Phi) is 8.07. The predicted octanol–water partition coefficient (Wildman–Crippen LogP) is 4.35. The second-order valence-corrected chi connectivity index (χ2v) is 8.25. The smallest absolute Gasteiger partial charge is 0.250 e. The number of hydrogen-bond acceptors (Lipinski definition) is 5. The zero-order chi connectivity index (χ0) is 23.8. The fraction of sp³-hybridized carbons (Fsp3) is 0.286. The van der Waals surface area contributed by atoms with E-state index in [1.165, 1.54) is 0 Å². The first-order chi connectivity index (χ1) is 16.7. The van der Waals surface area contributed by atoms with Crippen LogP contribution < -0.4 is 5.32 Å². The van der Waals surface area contributed by atoms with Crippen molar-refractivity contribution in [3.05, 3.63) is 107 Å². The molecule has 0 radical (unpaired) electrons. The van der Waals surface area contributed by atoms with E-state index in [2.05, 4.69) is 10.5 Å². The Morgan fingerprint density at radius 1 is 1.09 bits per heavy atom. The van der Waals surface area contributed by atoms with E-state index in [9.17, 15) is 9.90 Å². The first-order valence-electron chi connectivity index (χ1n) is 11.6. The van der Waals surface area contributed by atoms with Crippen LogP contribution in [0.3, 0.4) is 0 Å². The number of benzene rings is 3. The number of nitrogens with one attached hydrogen (secondary N) is 1. The molecule has 6 nitrogen and oxygen atoms in total. The molecular weight excluding hydrogens is 428 g/mol. The third kappa shape index (κ3) is 5.90. The standard InChI is InChI=1S/C28H30N2O4/c1-2-33-27(28(32)29-25(19-31)21-11-5-3-6-12-21)17-20-10-9-15-23(16-20)24-18-26(34-30-24)22-13-7-4-8-14-22/h3-16,25-27,31H,2,17-19H2,1H3,(H,29,32)/t25-,26?,27+/m0/s1. The molecule has 0 saturated heterocycles. The summed E-state index contributed by atoms with van der Waals surface area (Å²) in [4.78, 5) is 18.7. The van der Waals surface area contributed by atoms with Gasteiger partial charge in [-0.25, -0.2) is 0 Å². The van der Waals surface area contributed by atoms with Crippen molar-refractivity contribution in [1.29, 1.82) is 0 Å². The number of amides is 1. The highest BCUT2D eigenvalue weighted by Gasteiger charge is 2.25. The molecule has 0 bridgehead atoms. The summed E-state index contributed by atoms with van der Waals surface area (Å²) in [7, 11) is 0. The van der Waals surface area contributed by atoms with Crippen LogP contribution in [0.15, 0.2) is 90.1 Å². The van der Waals surface area contributed by atoms with Crippen LogP contribution in [0, 0.1) is 0 Å². The summed E-state index contributed by atoms with van der Waals surface area (Å²) in [6.07, 6.45) is 0.349. The molecule has 1 unspecified atom stereocenters. The minimum atomic E-state index is -0.670. The van der Waals surface area contributed by atoms with E-state index in [-0.39, 0.29) is 18.6 Å². The topological polar surface area (TPSA) is 80.2 Å². The molecule has 6 heteroatoms. The van der Waals surface area contributed by atoms with Gasteiger partial charge in [0.1, 0.15) is 6.10 Å². The Balaban J connectivity index is 1.43. The number of ether oxygens (including phenoxy) is 1. The average Bonchev–Trinajstić information content (AvgIpc) is 3.39. The van der Waals surface area contributed by atoms with Crippen LogP contribution in [-0.2, 0) is 20.8 Å². The molecule has 3 atom stereocenters. The Hall–Kier alpha value is -3.48. The lowest BCUT2D eigenvalue weighted by molar-refractivity contribution is -0.133. The van der Waals surface area contributed by atoms with Crippen molar-refractivity contribution in [3.63, 3.8) is 0 Å². The highest BCUT2D eigenvalue weighted by Crippen LogP contribution is 2.29. The fourth-order valence-corrected chi connectivity index (χ4v) is 4.10. The van der Waals surface area contributed by atoms with E-state index < -0.39 is 12.1 Å². The Morgan fingerprint density at radius 2 is 1.82 bits per heavy atom. The number of rotatable bonds is 10. The van der Waals surface area contributed by atoms with Crippen molar-refractivity contribution in [2.24, 2.45) is 5.16 Å². The van der Waals surface area contributed by atoms with Gasteiger partial charge in [0.25, 0.3) is 0 Å². The van der Waals surface area contributed by atoms with Gasteiger partial charge in [-0.05, 0) is 35.2 Å². The maximum absolute atomic E-state index is 13.0. The van der Waals surface area contributed by atoms with Crippen molar-refractivity contribution in [1.82, 2.24) is 5.32 Å². The lowest BCUT2D eigenvalue weighted by Gasteiger charge is -2.22. The molecule has 0 fully saturated rings. The normalized spacial score (nSPS) is 16.9. The molecule has 1 aliphatic rings. The van der Waals surface area contributed by atoms with Crippen molar-refractivity contribution in [3.8, 4) is 0 Å². The summed E-state index contributed by atoms with van der Waals surface area (Å²) in [6.45, 7) is 2.09. The van der Waals surface area contributed by atoms with Gasteiger partial charge in [-0.1, -0.05) is 84.0 Å². The van der Waals surface area contributed by atoms with Crippen LogP contribution >= 0.6 is 0 Å². The molecule has 0 spiro atoms. The summed E-state index contributed by atoms with van der Waals surface area (Å²) < 4.78 is 5.78. The molecule has 3 aromatic carbocycles. The van der Waals surface area contributed by atoms with Crippen molar-refractivity contribution < 1.29 is 19.5 Å². The molecule has 0 aromatic heterocycles. The number of carbonyl (C=O) groups excluding carboxylic acids is 1. The Morgan fingerprint density at radius 3 is 2.53 bits per heavy atom. The summed E-state index contributed by atoms with van der Waals surface area (Å²) in [5.41, 5.74) is 4.78. The fourth-order valence-electron chi connectivity index (χ4n) is 4.10. The first-order valence-corrected chi connectivity index (χ1v) is 11.6. The number of oxime groups is 1. The number of nitrogens with zero attached hydrogens (tertiary/aromatic N) is 1. The average molecular weight is 459 g/mol. The SMILES string of the molecule is CCO[C@H](Cc1cccc(C2=NOC(c3ccccc3)C2)c1)C(=O)N[C@@H](CO)c1ccccc1. The number of aliphatic hydroxyl groups is 1. The van der Waals surface area contributed by atoms with Gasteiger partial charge < -0.3 is 20.0 Å². The molecule has 2 N–H and O–H groups in total. The van der Waals surface area contributed by atoms with E-state index in [0.717, 1.165) is 28.0 Å². The van der Waals surface area contributed by atoms with E-state index in [4.69, 9.17) is 9.57 Å². The van der Waals surface area contributed by atoms with Gasteiger partial charge in [0.2, 0.25) is 5.91 Å².